The van der Waals surface area contributed by atoms with Crippen molar-refractivity contribution in [3.8, 4) is 0 Å². The van der Waals surface area contributed by atoms with E-state index < -0.39 is 0 Å². The van der Waals surface area contributed by atoms with E-state index in [4.69, 9.17) is 11.6 Å². The number of rotatable bonds is 4. The third-order valence-corrected chi connectivity index (χ3v) is 5.43. The molecule has 1 aromatic heterocycles. The predicted octanol–water partition coefficient (Wildman–Crippen LogP) is 3.58. The van der Waals surface area contributed by atoms with Crippen LogP contribution in [0.2, 0.25) is 4.34 Å². The number of hydrogen-bond acceptors (Lipinski definition) is 3. The molecule has 2 N–H and O–H groups in total. The summed E-state index contributed by atoms with van der Waals surface area (Å²) in [6.07, 6.45) is 2.66. The van der Waals surface area contributed by atoms with E-state index >= 15 is 0 Å². The van der Waals surface area contributed by atoms with Crippen molar-refractivity contribution in [2.45, 2.75) is 24.6 Å². The Labute approximate surface area is 145 Å². The quantitative estimate of drug-likeness (QED) is 0.435. The Hall–Kier alpha value is 0.340. The summed E-state index contributed by atoms with van der Waals surface area (Å²) in [6, 6.07) is 3.97. The lowest BCUT2D eigenvalue weighted by atomic mass is 10.2. The highest BCUT2D eigenvalue weighted by molar-refractivity contribution is 14.0. The maximum Gasteiger partial charge on any atom is 0.191 e. The maximum atomic E-state index is 5.90. The van der Waals surface area contributed by atoms with Crippen LogP contribution in [0.4, 0.5) is 0 Å². The molecular weight excluding hydrogens is 413 g/mol. The van der Waals surface area contributed by atoms with E-state index in [0.717, 1.165) is 28.6 Å². The van der Waals surface area contributed by atoms with Gasteiger partial charge in [-0.1, -0.05) is 11.6 Å². The fourth-order valence-electron chi connectivity index (χ4n) is 1.85. The summed E-state index contributed by atoms with van der Waals surface area (Å²) in [7, 11) is 1.80. The minimum absolute atomic E-state index is 0. The predicted molar refractivity (Wildman–Crippen MR) is 98.4 cm³/mol. The first-order chi connectivity index (χ1) is 8.78. The molecule has 0 bridgehead atoms. The van der Waals surface area contributed by atoms with Gasteiger partial charge in [0.05, 0.1) is 10.9 Å². The first kappa shape index (κ1) is 17.4. The van der Waals surface area contributed by atoms with E-state index in [1.807, 2.05) is 12.1 Å². The highest BCUT2D eigenvalue weighted by Crippen LogP contribution is 2.25. The van der Waals surface area contributed by atoms with Gasteiger partial charge in [-0.2, -0.15) is 11.8 Å². The molecule has 0 aromatic carbocycles. The fraction of sp³-hybridized carbons (Fsp3) is 0.583. The summed E-state index contributed by atoms with van der Waals surface area (Å²) in [5, 5.41) is 7.42. The number of thiophene rings is 1. The van der Waals surface area contributed by atoms with Gasteiger partial charge in [0, 0.05) is 23.7 Å². The molecule has 0 aliphatic carbocycles. The monoisotopic (exact) mass is 431 g/mol. The molecule has 1 aliphatic heterocycles. The summed E-state index contributed by atoms with van der Waals surface area (Å²) < 4.78 is 0.831. The smallest absolute Gasteiger partial charge is 0.191 e. The summed E-state index contributed by atoms with van der Waals surface area (Å²) >= 11 is 9.55. The zero-order valence-electron chi connectivity index (χ0n) is 10.8. The molecule has 1 aromatic rings. The van der Waals surface area contributed by atoms with Gasteiger partial charge in [0.15, 0.2) is 5.96 Å². The Balaban J connectivity index is 0.00000180. The van der Waals surface area contributed by atoms with Gasteiger partial charge in [-0.25, -0.2) is 0 Å². The molecule has 7 heteroatoms. The fourth-order valence-corrected chi connectivity index (χ4v) is 4.08. The van der Waals surface area contributed by atoms with Crippen LogP contribution in [0.1, 0.15) is 17.7 Å². The molecule has 1 saturated heterocycles. The molecule has 2 heterocycles. The SMILES string of the molecule is CN=C(NCc1ccc(Cl)s1)NCC1CCCS1.I. The van der Waals surface area contributed by atoms with E-state index in [9.17, 15) is 0 Å². The second kappa shape index (κ2) is 9.31. The van der Waals surface area contributed by atoms with Crippen LogP contribution in [0.3, 0.4) is 0 Å². The number of nitrogens with one attached hydrogen (secondary N) is 2. The Kier molecular flexibility index (Phi) is 8.52. The molecule has 2 rings (SSSR count). The second-order valence-electron chi connectivity index (χ2n) is 4.15. The summed E-state index contributed by atoms with van der Waals surface area (Å²) in [5.74, 6) is 2.17. The molecule has 1 unspecified atom stereocenters. The lowest BCUT2D eigenvalue weighted by Crippen LogP contribution is -2.39. The van der Waals surface area contributed by atoms with Crippen LogP contribution in [-0.4, -0.2) is 30.6 Å². The highest BCUT2D eigenvalue weighted by Gasteiger charge is 2.15. The molecule has 108 valence electrons. The Morgan fingerprint density at radius 2 is 2.32 bits per heavy atom. The zero-order chi connectivity index (χ0) is 12.8. The van der Waals surface area contributed by atoms with Gasteiger partial charge < -0.3 is 10.6 Å². The van der Waals surface area contributed by atoms with Gasteiger partial charge in [0.25, 0.3) is 0 Å². The van der Waals surface area contributed by atoms with Gasteiger partial charge in [0.1, 0.15) is 0 Å². The number of thioether (sulfide) groups is 1. The summed E-state index contributed by atoms with van der Waals surface area (Å²) in [4.78, 5) is 5.45. The van der Waals surface area contributed by atoms with Crippen LogP contribution >= 0.6 is 58.7 Å². The number of aliphatic imine (C=N–C) groups is 1. The Morgan fingerprint density at radius 1 is 1.47 bits per heavy atom. The van der Waals surface area contributed by atoms with Gasteiger partial charge in [-0.3, -0.25) is 4.99 Å². The molecule has 3 nitrogen and oxygen atoms in total. The van der Waals surface area contributed by atoms with Crippen molar-refractivity contribution in [2.75, 3.05) is 19.3 Å². The molecule has 0 spiro atoms. The third kappa shape index (κ3) is 6.10. The van der Waals surface area contributed by atoms with Crippen molar-refractivity contribution in [1.29, 1.82) is 0 Å². The minimum atomic E-state index is 0. The number of hydrogen-bond donors (Lipinski definition) is 2. The standard InChI is InChI=1S/C12H18ClN3S2.HI/c1-14-12(15-7-9-3-2-6-17-9)16-8-10-4-5-11(13)18-10;/h4-5,9H,2-3,6-8H2,1H3,(H2,14,15,16);1H. The molecular formula is C12H19ClIN3S2. The van der Waals surface area contributed by atoms with Crippen molar-refractivity contribution in [3.05, 3.63) is 21.3 Å². The molecule has 0 amide bonds. The van der Waals surface area contributed by atoms with E-state index in [1.54, 1.807) is 18.4 Å². The van der Waals surface area contributed by atoms with Crippen LogP contribution in [0.15, 0.2) is 17.1 Å². The van der Waals surface area contributed by atoms with Gasteiger partial charge in [-0.05, 0) is 30.7 Å². The van der Waals surface area contributed by atoms with Crippen molar-refractivity contribution in [2.24, 2.45) is 4.99 Å². The number of guanidine groups is 1. The van der Waals surface area contributed by atoms with E-state index in [-0.39, 0.29) is 24.0 Å². The average Bonchev–Trinajstić information content (AvgIpc) is 3.01. The van der Waals surface area contributed by atoms with Crippen molar-refractivity contribution < 1.29 is 0 Å². The van der Waals surface area contributed by atoms with Gasteiger partial charge in [0.2, 0.25) is 0 Å². The molecule has 1 aliphatic rings. The van der Waals surface area contributed by atoms with Crippen molar-refractivity contribution in [3.63, 3.8) is 0 Å². The van der Waals surface area contributed by atoms with Crippen molar-refractivity contribution >= 4 is 64.6 Å². The molecule has 0 radical (unpaired) electrons. The average molecular weight is 432 g/mol. The minimum Gasteiger partial charge on any atom is -0.355 e. The molecule has 0 saturated carbocycles. The second-order valence-corrected chi connectivity index (χ2v) is 7.36. The van der Waals surface area contributed by atoms with Gasteiger partial charge >= 0.3 is 0 Å². The van der Waals surface area contributed by atoms with Crippen LogP contribution in [-0.2, 0) is 6.54 Å². The molecule has 1 atom stereocenters. The summed E-state index contributed by atoms with van der Waals surface area (Å²) in [6.45, 7) is 1.77. The van der Waals surface area contributed by atoms with Crippen LogP contribution in [0.5, 0.6) is 0 Å². The van der Waals surface area contributed by atoms with Crippen molar-refractivity contribution in [1.82, 2.24) is 10.6 Å². The van der Waals surface area contributed by atoms with Gasteiger partial charge in [-0.15, -0.1) is 35.3 Å². The lowest BCUT2D eigenvalue weighted by Gasteiger charge is -2.14. The number of nitrogens with zero attached hydrogens (tertiary/aromatic N) is 1. The largest absolute Gasteiger partial charge is 0.355 e. The highest BCUT2D eigenvalue weighted by atomic mass is 127. The first-order valence-electron chi connectivity index (χ1n) is 6.08. The van der Waals surface area contributed by atoms with E-state index in [1.165, 1.54) is 23.5 Å². The van der Waals surface area contributed by atoms with Crippen LogP contribution in [0, 0.1) is 0 Å². The third-order valence-electron chi connectivity index (χ3n) is 2.80. The Bertz CT molecular complexity index is 405. The molecule has 19 heavy (non-hydrogen) atoms. The topological polar surface area (TPSA) is 36.4 Å². The normalized spacial score (nSPS) is 19.1. The maximum absolute atomic E-state index is 5.90. The van der Waals surface area contributed by atoms with E-state index in [2.05, 4.69) is 27.4 Å². The van der Waals surface area contributed by atoms with Crippen LogP contribution in [0.25, 0.3) is 0 Å². The number of halogens is 2. The zero-order valence-corrected chi connectivity index (χ0v) is 15.5. The summed E-state index contributed by atoms with van der Waals surface area (Å²) in [5.41, 5.74) is 0. The lowest BCUT2D eigenvalue weighted by molar-refractivity contribution is 0.727. The first-order valence-corrected chi connectivity index (χ1v) is 8.32. The molecule has 1 fully saturated rings. The Morgan fingerprint density at radius 3 is 2.89 bits per heavy atom. The van der Waals surface area contributed by atoms with E-state index in [0.29, 0.717) is 0 Å². The van der Waals surface area contributed by atoms with Crippen LogP contribution < -0.4 is 10.6 Å².